The van der Waals surface area contributed by atoms with Crippen LogP contribution < -0.4 is 0 Å². The lowest BCUT2D eigenvalue weighted by molar-refractivity contribution is -0.400. The lowest BCUT2D eigenvalue weighted by atomic mass is 9.95. The monoisotopic (exact) mass is 1480 g/mol. The lowest BCUT2D eigenvalue weighted by Crippen LogP contribution is -2.68. The van der Waals surface area contributed by atoms with Crippen LogP contribution in [0.15, 0.2) is 0 Å². The predicted octanol–water partition coefficient (Wildman–Crippen LogP) is -20.6. The van der Waals surface area contributed by atoms with Crippen molar-refractivity contribution in [3.05, 3.63) is 0 Å². The van der Waals surface area contributed by atoms with E-state index < -0.39 is 336 Å². The number of aliphatic hydroxyl groups excluding tert-OH is 29. The van der Waals surface area contributed by atoms with Crippen molar-refractivity contribution in [2.75, 3.05) is 59.5 Å². The van der Waals surface area contributed by atoms with Gasteiger partial charge in [-0.15, -0.1) is 0 Å². The summed E-state index contributed by atoms with van der Waals surface area (Å²) in [7, 11) is 0. The van der Waals surface area contributed by atoms with Gasteiger partial charge in [0.05, 0.1) is 59.5 Å². The summed E-state index contributed by atoms with van der Waals surface area (Å²) in [5.41, 5.74) is 0. The zero-order valence-electron chi connectivity index (χ0n) is 52.3. The summed E-state index contributed by atoms with van der Waals surface area (Å²) >= 11 is 0. The highest BCUT2D eigenvalue weighted by Crippen LogP contribution is 2.40. The SMILES string of the molecule is OC[C@H]1O[C@H](O[C@H]2[C@H](O)[C@@H](O)[C@@H](O[C@H]3[C@H](O)[C@@H](O)[C@@H](O[C@H]4[C@H](O)[C@@H](O)[C@@H](O[C@H]5[C@H](O)[C@@H](O)[C@@H](O[C@H]6[C@H](O)[C@@H](O)[C@@H](O[C@H]7[C@H](O)[C@@H](O)[C@@H](O[C@H]8[C@H](O)[C@@H](O)[C@@H](O[C@H]9[C@H](O)[C@@H](O)C(O)O[C@@H]9CO)O[C@@H]8CO)O[C@@H]7CO)O[C@@H]6CO)O[C@@H]5CO)O[C@@H]4CO)O[C@@H]3CO)O[C@@H]2CO)[C@H](O)[C@@H](O)[C@@H]1O. The molecule has 0 aromatic rings. The van der Waals surface area contributed by atoms with Gasteiger partial charge in [0.2, 0.25) is 0 Å². The third kappa shape index (κ3) is 16.7. The fourth-order valence-corrected chi connectivity index (χ4v) is 13.0. The molecular weight excluding hydrogens is 1380 g/mol. The summed E-state index contributed by atoms with van der Waals surface area (Å²) in [5, 5.41) is 311. The van der Waals surface area contributed by atoms with Crippen LogP contribution in [-0.2, 0) is 80.5 Å². The van der Waals surface area contributed by atoms with E-state index in [-0.39, 0.29) is 0 Å². The van der Waals surface area contributed by atoms with Gasteiger partial charge in [0.15, 0.2) is 56.6 Å². The molecule has 46 nitrogen and oxygen atoms in total. The van der Waals surface area contributed by atoms with Crippen LogP contribution >= 0.6 is 0 Å². The largest absolute Gasteiger partial charge is 0.394 e. The van der Waals surface area contributed by atoms with Gasteiger partial charge < -0.3 is 229 Å². The molecule has 1 unspecified atom stereocenters. The maximum absolute atomic E-state index is 11.5. The third-order valence-corrected chi connectivity index (χ3v) is 18.8. The maximum atomic E-state index is 11.5. The van der Waals surface area contributed by atoms with E-state index in [4.69, 9.17) is 80.5 Å². The number of hydrogen-bond donors (Lipinski definition) is 29. The van der Waals surface area contributed by atoms with Gasteiger partial charge in [-0.3, -0.25) is 0 Å². The Morgan fingerprint density at radius 1 is 0.150 bits per heavy atom. The Kier molecular flexibility index (Phi) is 29.2. The molecule has 0 saturated carbocycles. The molecule has 9 saturated heterocycles. The first-order valence-corrected chi connectivity index (χ1v) is 31.7. The van der Waals surface area contributed by atoms with Crippen molar-refractivity contribution in [3.8, 4) is 0 Å². The third-order valence-electron chi connectivity index (χ3n) is 18.8. The van der Waals surface area contributed by atoms with Crippen LogP contribution in [0.3, 0.4) is 0 Å². The van der Waals surface area contributed by atoms with Crippen molar-refractivity contribution in [2.45, 2.75) is 276 Å². The first-order valence-electron chi connectivity index (χ1n) is 31.7. The van der Waals surface area contributed by atoms with Gasteiger partial charge in [-0.05, 0) is 0 Å². The van der Waals surface area contributed by atoms with Gasteiger partial charge in [0, 0.05) is 0 Å². The molecule has 0 radical (unpaired) electrons. The number of aliphatic hydroxyl groups is 29. The zero-order chi connectivity index (χ0) is 73.4. The van der Waals surface area contributed by atoms with Crippen molar-refractivity contribution in [1.82, 2.24) is 0 Å². The number of rotatable bonds is 25. The van der Waals surface area contributed by atoms with Crippen LogP contribution in [0.5, 0.6) is 0 Å². The Labute approximate surface area is 563 Å². The number of ether oxygens (including phenoxy) is 17. The van der Waals surface area contributed by atoms with Gasteiger partial charge >= 0.3 is 0 Å². The van der Waals surface area contributed by atoms with Crippen LogP contribution in [0, 0.1) is 0 Å². The average Bonchev–Trinajstić information content (AvgIpc) is 0.779. The van der Waals surface area contributed by atoms with Gasteiger partial charge in [-0.2, -0.15) is 0 Å². The summed E-state index contributed by atoms with van der Waals surface area (Å²) in [6.07, 6.45) is -89.5. The molecule has 584 valence electrons. The quantitative estimate of drug-likeness (QED) is 0.0404. The Morgan fingerprint density at radius 3 is 0.460 bits per heavy atom. The minimum atomic E-state index is -2.30. The standard InChI is InChI=1S/C54H92O46/c55-1-10-19(64)20(65)30(75)47(85-10)94-39-12(3-57)87-49(32(77)22(39)67)96-41-14(5-59)89-51(34(79)24(41)69)98-43-16(7-61)91-53(36(81)26(43)71)100-45-18(9-63)92-54(37(82)28(45)73)99-44-17(8-62)90-52(35(80)27(44)72)97-42-15(6-60)88-50(33(78)25(42)70)95-40-13(4-58)86-48(31(76)23(40)68)93-38-11(2-56)84-46(83)29(74)21(38)66/h10-83H,1-9H2/t10-,11-,12-,13-,14-,15-,16-,17-,18-,19-,20+,21-,22-,23-,24-,25-,26-,27-,28-,29-,30-,31-,32-,33-,34-,35-,36-,37-,38-,39-,40-,41-,42-,43-,44-,45-,46?,47-,48-,49-,50-,51-,52-,53-,54-/m1/s1. The molecule has 9 rings (SSSR count). The molecule has 0 amide bonds. The first kappa shape index (κ1) is 82.2. The number of hydrogen-bond acceptors (Lipinski definition) is 46. The van der Waals surface area contributed by atoms with Crippen LogP contribution in [-0.4, -0.2) is 484 Å². The van der Waals surface area contributed by atoms with Gasteiger partial charge in [0.1, 0.15) is 220 Å². The molecule has 0 aromatic heterocycles. The van der Waals surface area contributed by atoms with Crippen molar-refractivity contribution >= 4 is 0 Å². The molecule has 9 aliphatic heterocycles. The smallest absolute Gasteiger partial charge is 0.187 e. The minimum absolute atomic E-state index is 0.862. The summed E-state index contributed by atoms with van der Waals surface area (Å²) < 4.78 is 94.9. The van der Waals surface area contributed by atoms with Crippen molar-refractivity contribution in [1.29, 1.82) is 0 Å². The lowest BCUT2D eigenvalue weighted by Gasteiger charge is -2.50. The van der Waals surface area contributed by atoms with Gasteiger partial charge in [0.25, 0.3) is 0 Å². The molecule has 9 heterocycles. The average molecular weight is 1480 g/mol. The second-order valence-electron chi connectivity index (χ2n) is 25.2. The van der Waals surface area contributed by atoms with E-state index in [1.165, 1.54) is 0 Å². The highest BCUT2D eigenvalue weighted by molar-refractivity contribution is 5.02. The summed E-state index contributed by atoms with van der Waals surface area (Å²) in [4.78, 5) is 0. The van der Waals surface area contributed by atoms with Crippen LogP contribution in [0.1, 0.15) is 0 Å². The highest BCUT2D eigenvalue weighted by atomic mass is 16.8. The van der Waals surface area contributed by atoms with E-state index in [1.807, 2.05) is 0 Å². The van der Waals surface area contributed by atoms with Gasteiger partial charge in [-0.25, -0.2) is 0 Å². The van der Waals surface area contributed by atoms with E-state index in [0.29, 0.717) is 0 Å². The predicted molar refractivity (Wildman–Crippen MR) is 297 cm³/mol. The topological polar surface area (TPSA) is 744 Å². The Bertz CT molecular complexity index is 2440. The van der Waals surface area contributed by atoms with E-state index in [1.54, 1.807) is 0 Å². The molecule has 0 spiro atoms. The fraction of sp³-hybridized carbons (Fsp3) is 1.00. The normalized spacial score (nSPS) is 53.7. The molecule has 46 heteroatoms. The van der Waals surface area contributed by atoms with E-state index in [0.717, 1.165) is 0 Å². The summed E-state index contributed by atoms with van der Waals surface area (Å²) in [6, 6.07) is 0. The van der Waals surface area contributed by atoms with Crippen molar-refractivity contribution in [3.63, 3.8) is 0 Å². The molecule has 0 aliphatic carbocycles. The molecule has 9 aliphatic rings. The molecule has 100 heavy (non-hydrogen) atoms. The summed E-state index contributed by atoms with van der Waals surface area (Å²) in [5.74, 6) is 0. The van der Waals surface area contributed by atoms with Crippen molar-refractivity contribution in [2.24, 2.45) is 0 Å². The molecule has 9 fully saturated rings. The summed E-state index contributed by atoms with van der Waals surface area (Å²) in [6.45, 7) is -9.29. The fourth-order valence-electron chi connectivity index (χ4n) is 13.0. The Balaban J connectivity index is 0.771. The second-order valence-corrected chi connectivity index (χ2v) is 25.2. The van der Waals surface area contributed by atoms with Crippen LogP contribution in [0.2, 0.25) is 0 Å². The highest BCUT2D eigenvalue weighted by Gasteiger charge is 2.60. The second kappa shape index (κ2) is 35.5. The maximum Gasteiger partial charge on any atom is 0.187 e. The molecule has 45 atom stereocenters. The van der Waals surface area contributed by atoms with E-state index in [9.17, 15) is 148 Å². The zero-order valence-corrected chi connectivity index (χ0v) is 52.3. The van der Waals surface area contributed by atoms with Crippen LogP contribution in [0.25, 0.3) is 0 Å². The van der Waals surface area contributed by atoms with E-state index >= 15 is 0 Å². The van der Waals surface area contributed by atoms with E-state index in [2.05, 4.69) is 0 Å². The van der Waals surface area contributed by atoms with Gasteiger partial charge in [-0.1, -0.05) is 0 Å². The molecule has 0 aromatic carbocycles. The van der Waals surface area contributed by atoms with Crippen molar-refractivity contribution < 1.29 is 229 Å². The molecule has 0 bridgehead atoms. The Hall–Kier alpha value is -1.84. The van der Waals surface area contributed by atoms with Crippen LogP contribution in [0.4, 0.5) is 0 Å². The molecule has 29 N–H and O–H groups in total. The Morgan fingerprint density at radius 2 is 0.290 bits per heavy atom. The first-order chi connectivity index (χ1) is 47.5. The minimum Gasteiger partial charge on any atom is -0.394 e. The molecular formula is C54H92O46.